The first kappa shape index (κ1) is 15.6. The van der Waals surface area contributed by atoms with Gasteiger partial charge in [0.15, 0.2) is 5.78 Å². The lowest BCUT2D eigenvalue weighted by Crippen LogP contribution is -2.59. The van der Waals surface area contributed by atoms with Crippen molar-refractivity contribution in [1.82, 2.24) is 10.0 Å². The fourth-order valence-corrected chi connectivity index (χ4v) is 3.73. The number of hydrogen-bond acceptors (Lipinski definition) is 4. The minimum absolute atomic E-state index is 0.232. The number of nitrogens with zero attached hydrogens (tertiary/aromatic N) is 2. The van der Waals surface area contributed by atoms with E-state index in [-0.39, 0.29) is 11.6 Å². The average Bonchev–Trinajstić information content (AvgIpc) is 2.93. The van der Waals surface area contributed by atoms with Crippen molar-refractivity contribution in [3.8, 4) is 0 Å². The third kappa shape index (κ3) is 2.81. The fraction of sp³-hybridized carbons (Fsp3) is 0.588. The zero-order valence-corrected chi connectivity index (χ0v) is 13.1. The van der Waals surface area contributed by atoms with Gasteiger partial charge < -0.3 is 4.74 Å². The lowest BCUT2D eigenvalue weighted by Gasteiger charge is -2.44. The zero-order chi connectivity index (χ0) is 15.6. The molecule has 2 saturated heterocycles. The van der Waals surface area contributed by atoms with Gasteiger partial charge in [-0.1, -0.05) is 19.1 Å². The van der Waals surface area contributed by atoms with Crippen LogP contribution in [0, 0.1) is 5.82 Å². The van der Waals surface area contributed by atoms with Crippen molar-refractivity contribution in [2.45, 2.75) is 44.7 Å². The Kier molecular flexibility index (Phi) is 4.57. The van der Waals surface area contributed by atoms with Gasteiger partial charge in [-0.2, -0.15) is 0 Å². The van der Waals surface area contributed by atoms with Crippen LogP contribution in [0.2, 0.25) is 0 Å². The number of ether oxygens (including phenoxy) is 1. The van der Waals surface area contributed by atoms with Gasteiger partial charge in [0, 0.05) is 19.5 Å². The number of fused-ring (bicyclic) bond motifs is 1. The summed E-state index contributed by atoms with van der Waals surface area (Å²) in [5.74, 6) is 0.0427. The molecule has 0 aliphatic carbocycles. The maximum atomic E-state index is 13.4. The third-order valence-corrected chi connectivity index (χ3v) is 4.87. The Morgan fingerprint density at radius 3 is 3.05 bits per heavy atom. The summed E-state index contributed by atoms with van der Waals surface area (Å²) in [5, 5.41) is 4.25. The molecule has 3 rings (SSSR count). The number of hydrazine groups is 1. The maximum Gasteiger partial charge on any atom is 0.156 e. The van der Waals surface area contributed by atoms with Crippen LogP contribution in [0.1, 0.15) is 38.2 Å². The Morgan fingerprint density at radius 1 is 1.41 bits per heavy atom. The van der Waals surface area contributed by atoms with E-state index in [9.17, 15) is 9.18 Å². The molecule has 2 aliphatic heterocycles. The molecule has 0 saturated carbocycles. The molecule has 1 aromatic carbocycles. The highest BCUT2D eigenvalue weighted by molar-refractivity contribution is 5.88. The van der Waals surface area contributed by atoms with Crippen LogP contribution in [-0.4, -0.2) is 41.2 Å². The molecular weight excluding hydrogens is 283 g/mol. The third-order valence-electron chi connectivity index (χ3n) is 4.87. The Hall–Kier alpha value is -1.30. The van der Waals surface area contributed by atoms with E-state index in [0.717, 1.165) is 31.4 Å². The van der Waals surface area contributed by atoms with E-state index >= 15 is 0 Å². The Morgan fingerprint density at radius 2 is 2.27 bits per heavy atom. The molecule has 0 unspecified atom stereocenters. The summed E-state index contributed by atoms with van der Waals surface area (Å²) in [6.07, 6.45) is 3.21. The van der Waals surface area contributed by atoms with Gasteiger partial charge in [0.2, 0.25) is 0 Å². The van der Waals surface area contributed by atoms with Crippen LogP contribution < -0.4 is 0 Å². The van der Waals surface area contributed by atoms with Gasteiger partial charge >= 0.3 is 0 Å². The number of Topliss-reactive ketones (excluding diaryl/α,β-unsaturated/α-hetero) is 1. The van der Waals surface area contributed by atoms with Crippen LogP contribution in [0.25, 0.3) is 0 Å². The maximum absolute atomic E-state index is 13.4. The minimum atomic E-state index is -0.392. The monoisotopic (exact) mass is 306 g/mol. The Bertz CT molecular complexity index is 551. The number of carbonyl (C=O) groups is 1. The molecular formula is C17H23FN2O2. The van der Waals surface area contributed by atoms with Gasteiger partial charge in [0.25, 0.3) is 0 Å². The van der Waals surface area contributed by atoms with E-state index in [1.54, 1.807) is 12.1 Å². The van der Waals surface area contributed by atoms with Crippen molar-refractivity contribution in [1.29, 1.82) is 0 Å². The molecule has 22 heavy (non-hydrogen) atoms. The summed E-state index contributed by atoms with van der Waals surface area (Å²) in [5.41, 5.74) is 0.505. The van der Waals surface area contributed by atoms with E-state index in [1.165, 1.54) is 6.07 Å². The first-order chi connectivity index (χ1) is 10.7. The fourth-order valence-electron chi connectivity index (χ4n) is 3.73. The van der Waals surface area contributed by atoms with E-state index < -0.39 is 5.54 Å². The Labute approximate surface area is 130 Å². The molecule has 2 fully saturated rings. The molecule has 2 heterocycles. The summed E-state index contributed by atoms with van der Waals surface area (Å²) in [7, 11) is 0. The Balaban J connectivity index is 1.86. The van der Waals surface area contributed by atoms with Gasteiger partial charge in [-0.15, -0.1) is 0 Å². The quantitative estimate of drug-likeness (QED) is 0.859. The molecule has 0 radical (unpaired) electrons. The molecule has 0 amide bonds. The molecule has 1 aromatic rings. The molecule has 0 N–H and O–H groups in total. The average molecular weight is 306 g/mol. The van der Waals surface area contributed by atoms with Gasteiger partial charge in [-0.05, 0) is 37.0 Å². The van der Waals surface area contributed by atoms with Crippen molar-refractivity contribution in [2.75, 3.05) is 19.9 Å². The second-order valence-electron chi connectivity index (χ2n) is 6.12. The van der Waals surface area contributed by atoms with Crippen LogP contribution in [0.5, 0.6) is 0 Å². The lowest BCUT2D eigenvalue weighted by atomic mass is 9.87. The smallest absolute Gasteiger partial charge is 0.156 e. The molecule has 2 aliphatic rings. The molecule has 120 valence electrons. The first-order valence-corrected chi connectivity index (χ1v) is 8.04. The van der Waals surface area contributed by atoms with Gasteiger partial charge in [-0.3, -0.25) is 4.79 Å². The molecule has 4 nitrogen and oxygen atoms in total. The van der Waals surface area contributed by atoms with Crippen molar-refractivity contribution < 1.29 is 13.9 Å². The normalized spacial score (nSPS) is 27.5. The predicted molar refractivity (Wildman–Crippen MR) is 81.3 cm³/mol. The van der Waals surface area contributed by atoms with Crippen molar-refractivity contribution >= 4 is 5.78 Å². The summed E-state index contributed by atoms with van der Waals surface area (Å²) in [4.78, 5) is 12.6. The van der Waals surface area contributed by atoms with Gasteiger partial charge in [-0.25, -0.2) is 14.4 Å². The number of rotatable bonds is 3. The molecule has 0 bridgehead atoms. The standard InChI is InChI=1S/C17H23FN2O2/c1-2-17-8-4-9-20(17)19(13-22-10-7-16(17)21)12-14-5-3-6-15(18)11-14/h3,5-6,11H,2,4,7-10,12-13H2,1H3/t17-/m1/s1. The van der Waals surface area contributed by atoms with Crippen LogP contribution in [0.15, 0.2) is 24.3 Å². The van der Waals surface area contributed by atoms with Crippen molar-refractivity contribution in [3.63, 3.8) is 0 Å². The number of carbonyl (C=O) groups excluding carboxylic acids is 1. The first-order valence-electron chi connectivity index (χ1n) is 8.04. The highest BCUT2D eigenvalue weighted by atomic mass is 19.1. The van der Waals surface area contributed by atoms with Crippen molar-refractivity contribution in [3.05, 3.63) is 35.6 Å². The SMILES string of the molecule is CC[C@]12CCCN1N(Cc1cccc(F)c1)COCCC2=O. The number of hydrogen-bond donors (Lipinski definition) is 0. The topological polar surface area (TPSA) is 32.8 Å². The van der Waals surface area contributed by atoms with Crippen LogP contribution in [0.4, 0.5) is 4.39 Å². The lowest BCUT2D eigenvalue weighted by molar-refractivity contribution is -0.177. The van der Waals surface area contributed by atoms with Crippen LogP contribution in [-0.2, 0) is 16.1 Å². The molecule has 5 heteroatoms. The molecule has 0 aromatic heterocycles. The number of ketones is 1. The second kappa shape index (κ2) is 6.44. The largest absolute Gasteiger partial charge is 0.364 e. The van der Waals surface area contributed by atoms with Crippen molar-refractivity contribution in [2.24, 2.45) is 0 Å². The molecule has 1 atom stereocenters. The van der Waals surface area contributed by atoms with E-state index in [2.05, 4.69) is 16.9 Å². The van der Waals surface area contributed by atoms with E-state index in [1.807, 2.05) is 6.07 Å². The van der Waals surface area contributed by atoms with E-state index in [4.69, 9.17) is 4.74 Å². The van der Waals surface area contributed by atoms with E-state index in [0.29, 0.717) is 26.3 Å². The summed E-state index contributed by atoms with van der Waals surface area (Å²) in [6, 6.07) is 6.62. The highest BCUT2D eigenvalue weighted by Crippen LogP contribution is 2.37. The number of benzene rings is 1. The summed E-state index contributed by atoms with van der Waals surface area (Å²) >= 11 is 0. The second-order valence-corrected chi connectivity index (χ2v) is 6.12. The van der Waals surface area contributed by atoms with Gasteiger partial charge in [0.05, 0.1) is 12.1 Å². The van der Waals surface area contributed by atoms with Crippen LogP contribution in [0.3, 0.4) is 0 Å². The highest BCUT2D eigenvalue weighted by Gasteiger charge is 2.48. The predicted octanol–water partition coefficient (Wildman–Crippen LogP) is 2.73. The zero-order valence-electron chi connectivity index (χ0n) is 13.1. The van der Waals surface area contributed by atoms with Crippen LogP contribution >= 0.6 is 0 Å². The summed E-state index contributed by atoms with van der Waals surface area (Å²) in [6.45, 7) is 4.42. The summed E-state index contributed by atoms with van der Waals surface area (Å²) < 4.78 is 19.0. The van der Waals surface area contributed by atoms with Gasteiger partial charge in [0.1, 0.15) is 12.5 Å². The number of halogens is 1. The molecule has 0 spiro atoms. The minimum Gasteiger partial charge on any atom is -0.364 e.